The third-order valence-corrected chi connectivity index (χ3v) is 3.61. The van der Waals surface area contributed by atoms with Crippen molar-refractivity contribution in [3.63, 3.8) is 0 Å². The van der Waals surface area contributed by atoms with Crippen LogP contribution in [-0.2, 0) is 22.2 Å². The van der Waals surface area contributed by atoms with Gasteiger partial charge in [0.25, 0.3) is 0 Å². The van der Waals surface area contributed by atoms with E-state index in [1.54, 1.807) is 6.07 Å². The van der Waals surface area contributed by atoms with E-state index in [0.717, 1.165) is 29.7 Å². The molecule has 0 bridgehead atoms. The number of sulfonamides is 1. The summed E-state index contributed by atoms with van der Waals surface area (Å²) in [6, 6.07) is 5.45. The van der Waals surface area contributed by atoms with Crippen LogP contribution in [0.2, 0.25) is 0 Å². The zero-order valence-electron chi connectivity index (χ0n) is 10.1. The second-order valence-electron chi connectivity index (χ2n) is 5.11. The van der Waals surface area contributed by atoms with Gasteiger partial charge in [0.2, 0.25) is 10.0 Å². The van der Waals surface area contributed by atoms with Crippen molar-refractivity contribution in [2.75, 3.05) is 0 Å². The summed E-state index contributed by atoms with van der Waals surface area (Å²) in [7, 11) is -3.47. The second kappa shape index (κ2) is 3.99. The van der Waals surface area contributed by atoms with Crippen molar-refractivity contribution in [2.45, 2.75) is 38.0 Å². The Hall–Kier alpha value is -1.07. The lowest BCUT2D eigenvalue weighted by Gasteiger charge is -2.32. The van der Waals surface area contributed by atoms with Gasteiger partial charge in [0.05, 0.1) is 5.75 Å². The maximum atomic E-state index is 11.0. The molecule has 2 N–H and O–H groups in total. The van der Waals surface area contributed by atoms with Crippen molar-refractivity contribution < 1.29 is 13.2 Å². The number of nitrogens with two attached hydrogens (primary N) is 1. The second-order valence-corrected chi connectivity index (χ2v) is 6.73. The number of fused-ring (bicyclic) bond motifs is 1. The topological polar surface area (TPSA) is 69.4 Å². The fourth-order valence-electron chi connectivity index (χ4n) is 2.03. The molecule has 1 aromatic rings. The Balaban J connectivity index is 2.28. The van der Waals surface area contributed by atoms with E-state index in [-0.39, 0.29) is 11.4 Å². The smallest absolute Gasteiger partial charge is 0.213 e. The molecule has 1 heterocycles. The minimum absolute atomic E-state index is 0.121. The van der Waals surface area contributed by atoms with Crippen LogP contribution in [0.3, 0.4) is 0 Å². The Morgan fingerprint density at radius 2 is 2.12 bits per heavy atom. The molecule has 1 aliphatic heterocycles. The number of hydrogen-bond donors (Lipinski definition) is 1. The molecule has 0 spiro atoms. The van der Waals surface area contributed by atoms with Crippen LogP contribution in [0.25, 0.3) is 0 Å². The maximum absolute atomic E-state index is 11.0. The molecule has 0 aromatic heterocycles. The standard InChI is InChI=1S/C12H17NO3S/c1-12(2)6-5-10-7-9(8-17(13,14)15)3-4-11(10)16-12/h3-4,7H,5-6,8H2,1-2H3,(H2,13,14,15). The molecule has 0 amide bonds. The molecular weight excluding hydrogens is 238 g/mol. The SMILES string of the molecule is CC1(C)CCc2cc(CS(N)(=O)=O)ccc2O1. The average Bonchev–Trinajstić information content (AvgIpc) is 2.15. The van der Waals surface area contributed by atoms with E-state index in [0.29, 0.717) is 0 Å². The highest BCUT2D eigenvalue weighted by Gasteiger charge is 2.26. The van der Waals surface area contributed by atoms with Gasteiger partial charge in [-0.25, -0.2) is 13.6 Å². The summed E-state index contributed by atoms with van der Waals surface area (Å²) in [4.78, 5) is 0. The molecule has 1 aliphatic rings. The predicted octanol–water partition coefficient (Wildman–Crippen LogP) is 1.58. The summed E-state index contributed by atoms with van der Waals surface area (Å²) in [5.41, 5.74) is 1.63. The molecule has 1 aromatic carbocycles. The Kier molecular flexibility index (Phi) is 2.91. The van der Waals surface area contributed by atoms with Gasteiger partial charge in [0.1, 0.15) is 11.4 Å². The van der Waals surface area contributed by atoms with Crippen LogP contribution in [0, 0.1) is 0 Å². The largest absolute Gasteiger partial charge is 0.488 e. The maximum Gasteiger partial charge on any atom is 0.213 e. The van der Waals surface area contributed by atoms with E-state index in [2.05, 4.69) is 0 Å². The Labute approximate surface area is 102 Å². The lowest BCUT2D eigenvalue weighted by molar-refractivity contribution is 0.0846. The van der Waals surface area contributed by atoms with E-state index in [1.807, 2.05) is 26.0 Å². The predicted molar refractivity (Wildman–Crippen MR) is 66.3 cm³/mol. The Morgan fingerprint density at radius 3 is 2.76 bits per heavy atom. The van der Waals surface area contributed by atoms with Crippen LogP contribution in [0.1, 0.15) is 31.4 Å². The minimum Gasteiger partial charge on any atom is -0.488 e. The van der Waals surface area contributed by atoms with E-state index in [1.165, 1.54) is 0 Å². The zero-order chi connectivity index (χ0) is 12.7. The van der Waals surface area contributed by atoms with Crippen molar-refractivity contribution in [3.8, 4) is 5.75 Å². The quantitative estimate of drug-likeness (QED) is 0.872. The van der Waals surface area contributed by atoms with Crippen molar-refractivity contribution >= 4 is 10.0 Å². The summed E-state index contributed by atoms with van der Waals surface area (Å²) < 4.78 is 27.9. The highest BCUT2D eigenvalue weighted by molar-refractivity contribution is 7.88. The minimum atomic E-state index is -3.47. The van der Waals surface area contributed by atoms with Gasteiger partial charge in [-0.15, -0.1) is 0 Å². The van der Waals surface area contributed by atoms with Gasteiger partial charge in [-0.3, -0.25) is 0 Å². The van der Waals surface area contributed by atoms with Crippen molar-refractivity contribution in [3.05, 3.63) is 29.3 Å². The molecule has 0 atom stereocenters. The van der Waals surface area contributed by atoms with Crippen LogP contribution in [0.4, 0.5) is 0 Å². The van der Waals surface area contributed by atoms with E-state index < -0.39 is 10.0 Å². The molecule has 2 rings (SSSR count). The van der Waals surface area contributed by atoms with Crippen molar-refractivity contribution in [2.24, 2.45) is 5.14 Å². The lowest BCUT2D eigenvalue weighted by Crippen LogP contribution is -2.32. The van der Waals surface area contributed by atoms with Crippen molar-refractivity contribution in [1.29, 1.82) is 0 Å². The van der Waals surface area contributed by atoms with Gasteiger partial charge in [0.15, 0.2) is 0 Å². The first kappa shape index (κ1) is 12.4. The number of hydrogen-bond acceptors (Lipinski definition) is 3. The number of aryl methyl sites for hydroxylation is 1. The average molecular weight is 255 g/mol. The summed E-state index contributed by atoms with van der Waals surface area (Å²) in [6.45, 7) is 4.10. The van der Waals surface area contributed by atoms with Crippen LogP contribution in [-0.4, -0.2) is 14.0 Å². The van der Waals surface area contributed by atoms with Crippen LogP contribution < -0.4 is 9.88 Å². The molecule has 0 aliphatic carbocycles. The fraction of sp³-hybridized carbons (Fsp3) is 0.500. The van der Waals surface area contributed by atoms with Crippen molar-refractivity contribution in [1.82, 2.24) is 0 Å². The molecule has 0 radical (unpaired) electrons. The molecule has 0 saturated heterocycles. The molecule has 5 heteroatoms. The molecule has 17 heavy (non-hydrogen) atoms. The summed E-state index contributed by atoms with van der Waals surface area (Å²) >= 11 is 0. The Morgan fingerprint density at radius 1 is 1.41 bits per heavy atom. The third kappa shape index (κ3) is 3.20. The highest BCUT2D eigenvalue weighted by Crippen LogP contribution is 2.33. The van der Waals surface area contributed by atoms with Crippen LogP contribution in [0.15, 0.2) is 18.2 Å². The number of benzene rings is 1. The highest BCUT2D eigenvalue weighted by atomic mass is 32.2. The van der Waals surface area contributed by atoms with Gasteiger partial charge in [-0.1, -0.05) is 12.1 Å². The van der Waals surface area contributed by atoms with Gasteiger partial charge >= 0.3 is 0 Å². The number of ether oxygens (including phenoxy) is 1. The van der Waals surface area contributed by atoms with Crippen LogP contribution in [0.5, 0.6) is 5.75 Å². The normalized spacial score (nSPS) is 18.3. The van der Waals surface area contributed by atoms with Gasteiger partial charge in [0, 0.05) is 0 Å². The third-order valence-electron chi connectivity index (χ3n) is 2.88. The number of rotatable bonds is 2. The summed E-state index contributed by atoms with van der Waals surface area (Å²) in [6.07, 6.45) is 1.83. The Bertz CT molecular complexity index is 535. The molecular formula is C12H17NO3S. The number of primary sulfonamides is 1. The van der Waals surface area contributed by atoms with E-state index in [9.17, 15) is 8.42 Å². The molecule has 94 valence electrons. The first-order valence-corrected chi connectivity index (χ1v) is 7.28. The summed E-state index contributed by atoms with van der Waals surface area (Å²) in [5, 5.41) is 5.03. The first-order chi connectivity index (χ1) is 7.75. The zero-order valence-corrected chi connectivity index (χ0v) is 10.9. The lowest BCUT2D eigenvalue weighted by atomic mass is 9.93. The monoisotopic (exact) mass is 255 g/mol. The van der Waals surface area contributed by atoms with Gasteiger partial charge in [-0.2, -0.15) is 0 Å². The van der Waals surface area contributed by atoms with E-state index in [4.69, 9.17) is 9.88 Å². The fourth-order valence-corrected chi connectivity index (χ4v) is 2.68. The first-order valence-electron chi connectivity index (χ1n) is 5.56. The summed E-state index contributed by atoms with van der Waals surface area (Å²) in [5.74, 6) is 0.725. The molecule has 4 nitrogen and oxygen atoms in total. The molecule has 0 unspecified atom stereocenters. The van der Waals surface area contributed by atoms with Crippen LogP contribution >= 0.6 is 0 Å². The van der Waals surface area contributed by atoms with Gasteiger partial charge in [-0.05, 0) is 43.9 Å². The van der Waals surface area contributed by atoms with E-state index >= 15 is 0 Å². The molecule has 0 fully saturated rings. The molecule has 0 saturated carbocycles. The van der Waals surface area contributed by atoms with Gasteiger partial charge < -0.3 is 4.74 Å².